The van der Waals surface area contributed by atoms with E-state index in [-0.39, 0.29) is 30.3 Å². The molecule has 0 radical (unpaired) electrons. The molecule has 5 nitrogen and oxygen atoms in total. The van der Waals surface area contributed by atoms with Gasteiger partial charge in [0.2, 0.25) is 0 Å². The van der Waals surface area contributed by atoms with Crippen LogP contribution in [0.2, 0.25) is 0 Å². The Balaban J connectivity index is 1.80. The Morgan fingerprint density at radius 1 is 1.25 bits per heavy atom. The molecule has 1 aromatic carbocycles. The summed E-state index contributed by atoms with van der Waals surface area (Å²) in [4.78, 5) is 38.2. The average molecular weight is 326 g/mol. The summed E-state index contributed by atoms with van der Waals surface area (Å²) < 4.78 is 0. The van der Waals surface area contributed by atoms with Crippen LogP contribution < -0.4 is 5.32 Å². The highest BCUT2D eigenvalue weighted by Crippen LogP contribution is 2.26. The maximum Gasteiger partial charge on any atom is 0.261 e. The summed E-state index contributed by atoms with van der Waals surface area (Å²) in [5.41, 5.74) is 1.07. The summed E-state index contributed by atoms with van der Waals surface area (Å²) in [6, 6.07) is 4.89. The molecule has 2 aliphatic rings. The first-order chi connectivity index (χ1) is 11.5. The van der Waals surface area contributed by atoms with Gasteiger partial charge in [0.15, 0.2) is 0 Å². The molecule has 0 spiro atoms. The number of nitrogens with one attached hydrogen (secondary N) is 1. The van der Waals surface area contributed by atoms with Crippen molar-refractivity contribution in [2.45, 2.75) is 38.6 Å². The van der Waals surface area contributed by atoms with Crippen molar-refractivity contribution in [1.82, 2.24) is 10.2 Å². The Morgan fingerprint density at radius 3 is 2.67 bits per heavy atom. The third-order valence-corrected chi connectivity index (χ3v) is 4.97. The number of imide groups is 1. The SMILES string of the molecule is C=CCN1C(=O)c2ccc(C(=O)N[C@@H]3CCCC[C@H]3C)cc2C1=O. The largest absolute Gasteiger partial charge is 0.349 e. The summed E-state index contributed by atoms with van der Waals surface area (Å²) >= 11 is 0. The molecule has 1 aromatic rings. The van der Waals surface area contributed by atoms with Crippen molar-refractivity contribution < 1.29 is 14.4 Å². The fourth-order valence-electron chi connectivity index (χ4n) is 3.51. The van der Waals surface area contributed by atoms with E-state index in [2.05, 4.69) is 18.8 Å². The van der Waals surface area contributed by atoms with Gasteiger partial charge < -0.3 is 5.32 Å². The number of benzene rings is 1. The van der Waals surface area contributed by atoms with Crippen LogP contribution in [-0.2, 0) is 0 Å². The lowest BCUT2D eigenvalue weighted by Gasteiger charge is -2.29. The van der Waals surface area contributed by atoms with E-state index in [9.17, 15) is 14.4 Å². The minimum Gasteiger partial charge on any atom is -0.349 e. The molecule has 1 N–H and O–H groups in total. The van der Waals surface area contributed by atoms with E-state index in [0.29, 0.717) is 22.6 Å². The third-order valence-electron chi connectivity index (χ3n) is 4.97. The van der Waals surface area contributed by atoms with Gasteiger partial charge in [0.1, 0.15) is 0 Å². The van der Waals surface area contributed by atoms with Gasteiger partial charge in [0.25, 0.3) is 17.7 Å². The van der Waals surface area contributed by atoms with E-state index >= 15 is 0 Å². The van der Waals surface area contributed by atoms with Crippen molar-refractivity contribution in [2.75, 3.05) is 6.54 Å². The van der Waals surface area contributed by atoms with Crippen molar-refractivity contribution >= 4 is 17.7 Å². The Hall–Kier alpha value is -2.43. The average Bonchev–Trinajstić information content (AvgIpc) is 2.82. The van der Waals surface area contributed by atoms with Gasteiger partial charge in [-0.1, -0.05) is 25.8 Å². The summed E-state index contributed by atoms with van der Waals surface area (Å²) in [5.74, 6) is -0.416. The number of carbonyl (C=O) groups excluding carboxylic acids is 3. The topological polar surface area (TPSA) is 66.5 Å². The highest BCUT2D eigenvalue weighted by atomic mass is 16.2. The molecule has 1 saturated carbocycles. The maximum absolute atomic E-state index is 12.5. The molecular formula is C19H22N2O3. The lowest BCUT2D eigenvalue weighted by Crippen LogP contribution is -2.41. The fourth-order valence-corrected chi connectivity index (χ4v) is 3.51. The number of amides is 3. The summed E-state index contributed by atoms with van der Waals surface area (Å²) in [5, 5.41) is 3.07. The number of carbonyl (C=O) groups is 3. The molecule has 2 atom stereocenters. The molecule has 126 valence electrons. The van der Waals surface area contributed by atoms with Crippen molar-refractivity contribution in [2.24, 2.45) is 5.92 Å². The molecule has 0 unspecified atom stereocenters. The molecule has 0 saturated heterocycles. The number of rotatable bonds is 4. The highest BCUT2D eigenvalue weighted by Gasteiger charge is 2.35. The Morgan fingerprint density at radius 2 is 1.96 bits per heavy atom. The standard InChI is InChI=1S/C19H22N2O3/c1-3-10-21-18(23)14-9-8-13(11-15(14)19(21)24)17(22)20-16-7-5-4-6-12(16)2/h3,8-9,11-12,16H,1,4-7,10H2,2H3,(H,20,22)/t12-,16-/m1/s1. The smallest absolute Gasteiger partial charge is 0.261 e. The molecule has 1 aliphatic carbocycles. The van der Waals surface area contributed by atoms with Gasteiger partial charge in [0, 0.05) is 18.2 Å². The van der Waals surface area contributed by atoms with Gasteiger partial charge in [-0.15, -0.1) is 6.58 Å². The van der Waals surface area contributed by atoms with E-state index in [4.69, 9.17) is 0 Å². The quantitative estimate of drug-likeness (QED) is 0.683. The highest BCUT2D eigenvalue weighted by molar-refractivity contribution is 6.22. The van der Waals surface area contributed by atoms with Crippen LogP contribution in [0.1, 0.15) is 63.7 Å². The zero-order valence-corrected chi connectivity index (χ0v) is 13.9. The summed E-state index contributed by atoms with van der Waals surface area (Å²) in [6.45, 7) is 5.89. The van der Waals surface area contributed by atoms with Crippen molar-refractivity contribution in [1.29, 1.82) is 0 Å². The van der Waals surface area contributed by atoms with Crippen LogP contribution in [0.4, 0.5) is 0 Å². The fraction of sp³-hybridized carbons (Fsp3) is 0.421. The second-order valence-electron chi connectivity index (χ2n) is 6.61. The molecule has 5 heteroatoms. The normalized spacial score (nSPS) is 23.1. The van der Waals surface area contributed by atoms with Gasteiger partial charge in [-0.2, -0.15) is 0 Å². The number of hydrogen-bond acceptors (Lipinski definition) is 3. The van der Waals surface area contributed by atoms with Crippen molar-refractivity contribution in [3.63, 3.8) is 0 Å². The van der Waals surface area contributed by atoms with E-state index in [1.807, 2.05) is 0 Å². The Labute approximate surface area is 141 Å². The first kappa shape index (κ1) is 16.4. The monoisotopic (exact) mass is 326 g/mol. The predicted molar refractivity (Wildman–Crippen MR) is 90.9 cm³/mol. The molecule has 3 amide bonds. The van der Waals surface area contributed by atoms with Crippen molar-refractivity contribution in [3.8, 4) is 0 Å². The van der Waals surface area contributed by atoms with Gasteiger partial charge >= 0.3 is 0 Å². The minimum absolute atomic E-state index is 0.174. The molecule has 0 bridgehead atoms. The van der Waals surface area contributed by atoms with Crippen LogP contribution in [0.3, 0.4) is 0 Å². The molecule has 1 fully saturated rings. The van der Waals surface area contributed by atoms with Gasteiger partial charge in [-0.25, -0.2) is 0 Å². The first-order valence-corrected chi connectivity index (χ1v) is 8.45. The van der Waals surface area contributed by atoms with E-state index in [1.54, 1.807) is 12.1 Å². The minimum atomic E-state index is -0.365. The lowest BCUT2D eigenvalue weighted by molar-refractivity contribution is 0.0672. The van der Waals surface area contributed by atoms with Crippen LogP contribution in [0.25, 0.3) is 0 Å². The molecule has 0 aromatic heterocycles. The second kappa shape index (κ2) is 6.59. The molecule has 1 aliphatic heterocycles. The predicted octanol–water partition coefficient (Wildman–Crippen LogP) is 2.78. The van der Waals surface area contributed by atoms with E-state index in [1.165, 1.54) is 18.6 Å². The first-order valence-electron chi connectivity index (χ1n) is 8.45. The van der Waals surface area contributed by atoms with Crippen LogP contribution in [0.15, 0.2) is 30.9 Å². The van der Waals surface area contributed by atoms with E-state index < -0.39 is 0 Å². The summed E-state index contributed by atoms with van der Waals surface area (Å²) in [7, 11) is 0. The van der Waals surface area contributed by atoms with Gasteiger partial charge in [-0.05, 0) is 37.0 Å². The summed E-state index contributed by atoms with van der Waals surface area (Å²) in [6.07, 6.45) is 5.96. The molecular weight excluding hydrogens is 304 g/mol. The van der Waals surface area contributed by atoms with Gasteiger partial charge in [0.05, 0.1) is 11.1 Å². The number of nitrogens with zero attached hydrogens (tertiary/aromatic N) is 1. The van der Waals surface area contributed by atoms with E-state index in [0.717, 1.165) is 24.2 Å². The Kier molecular flexibility index (Phi) is 4.51. The van der Waals surface area contributed by atoms with Crippen LogP contribution in [0, 0.1) is 5.92 Å². The van der Waals surface area contributed by atoms with Crippen LogP contribution in [0.5, 0.6) is 0 Å². The zero-order valence-electron chi connectivity index (χ0n) is 13.9. The number of hydrogen-bond donors (Lipinski definition) is 1. The number of fused-ring (bicyclic) bond motifs is 1. The van der Waals surface area contributed by atoms with Crippen LogP contribution in [-0.4, -0.2) is 35.2 Å². The lowest BCUT2D eigenvalue weighted by atomic mass is 9.86. The Bertz CT molecular complexity index is 711. The van der Waals surface area contributed by atoms with Crippen LogP contribution >= 0.6 is 0 Å². The molecule has 1 heterocycles. The molecule has 24 heavy (non-hydrogen) atoms. The second-order valence-corrected chi connectivity index (χ2v) is 6.61. The maximum atomic E-state index is 12.5. The third kappa shape index (κ3) is 2.86. The molecule has 3 rings (SSSR count). The van der Waals surface area contributed by atoms with Crippen molar-refractivity contribution in [3.05, 3.63) is 47.5 Å². The zero-order chi connectivity index (χ0) is 17.3. The van der Waals surface area contributed by atoms with Gasteiger partial charge in [-0.3, -0.25) is 19.3 Å².